The Morgan fingerprint density at radius 3 is 0.828 bits per heavy atom. The third-order valence-corrected chi connectivity index (χ3v) is 5.70. The molecule has 0 bridgehead atoms. The summed E-state index contributed by atoms with van der Waals surface area (Å²) in [5.74, 6) is -14.3. The largest absolute Gasteiger partial charge is 0.454 e. The van der Waals surface area contributed by atoms with Gasteiger partial charge >= 0.3 is 36.6 Å². The highest BCUT2D eigenvalue weighted by atomic mass is 32.2. The number of hydrogen-bond donors (Lipinski definition) is 0. The van der Waals surface area contributed by atoms with Crippen LogP contribution in [0.15, 0.2) is 0 Å². The van der Waals surface area contributed by atoms with Crippen LogP contribution in [-0.4, -0.2) is 55.5 Å². The summed E-state index contributed by atoms with van der Waals surface area (Å²) in [4.78, 5) is 0. The fourth-order valence-corrected chi connectivity index (χ4v) is 4.22. The predicted octanol–water partition coefficient (Wildman–Crippen LogP) is 5.44. The lowest BCUT2D eigenvalue weighted by Gasteiger charge is -2.35. The molecule has 0 saturated carbocycles. The number of sulfone groups is 1. The molecule has 0 radical (unpaired) electrons. The van der Waals surface area contributed by atoms with Crippen LogP contribution in [0.3, 0.4) is 0 Å². The summed E-state index contributed by atoms with van der Waals surface area (Å²) in [6.45, 7) is 0. The fraction of sp³-hybridized carbons (Fsp3) is 1.00. The molecule has 0 spiro atoms. The van der Waals surface area contributed by atoms with E-state index in [2.05, 4.69) is 0 Å². The second kappa shape index (κ2) is 7.51. The van der Waals surface area contributed by atoms with Gasteiger partial charge in [0, 0.05) is 0 Å². The molecular weight excluding hydrogens is 488 g/mol. The van der Waals surface area contributed by atoms with E-state index in [0.29, 0.717) is 0 Å². The lowest BCUT2D eigenvalue weighted by atomic mass is 10.1. The zero-order valence-corrected chi connectivity index (χ0v) is 13.7. The van der Waals surface area contributed by atoms with Crippen LogP contribution in [0.4, 0.5) is 70.2 Å². The van der Waals surface area contributed by atoms with Crippen LogP contribution < -0.4 is 0 Å². The Bertz CT molecular complexity index is 612. The van der Waals surface area contributed by atoms with Crippen LogP contribution in [0.25, 0.3) is 0 Å². The highest BCUT2D eigenvalue weighted by Gasteiger charge is 2.74. The van der Waals surface area contributed by atoms with Crippen molar-refractivity contribution < 1.29 is 78.7 Å². The maximum atomic E-state index is 13.3. The Hall–Kier alpha value is -1.17. The molecule has 0 aliphatic heterocycles. The zero-order chi connectivity index (χ0) is 24.1. The van der Waals surface area contributed by atoms with E-state index >= 15 is 0 Å². The van der Waals surface area contributed by atoms with Gasteiger partial charge in [-0.05, 0) is 0 Å². The number of rotatable bonds is 6. The molecule has 0 aromatic rings. The summed E-state index contributed by atoms with van der Waals surface area (Å²) >= 11 is 0. The van der Waals surface area contributed by atoms with Gasteiger partial charge in [-0.2, -0.15) is 70.2 Å². The molecule has 0 heterocycles. The first-order valence-electron chi connectivity index (χ1n) is 6.43. The topological polar surface area (TPSA) is 34.1 Å². The fourth-order valence-electron chi connectivity index (χ4n) is 1.89. The van der Waals surface area contributed by atoms with E-state index in [0.717, 1.165) is 0 Å². The van der Waals surface area contributed by atoms with Gasteiger partial charge in [-0.15, -0.1) is 0 Å². The van der Waals surface area contributed by atoms with Crippen molar-refractivity contribution in [2.24, 2.45) is 0 Å². The highest BCUT2D eigenvalue weighted by Crippen LogP contribution is 2.50. The first-order valence-corrected chi connectivity index (χ1v) is 8.04. The van der Waals surface area contributed by atoms with E-state index in [1.54, 1.807) is 0 Å². The molecule has 0 rings (SSSR count). The van der Waals surface area contributed by atoms with Gasteiger partial charge in [0.2, 0.25) is 0 Å². The molecule has 0 aliphatic carbocycles. The number of hydrogen-bond acceptors (Lipinski definition) is 2. The lowest BCUT2D eigenvalue weighted by Crippen LogP contribution is -2.60. The van der Waals surface area contributed by atoms with Crippen LogP contribution in [0.1, 0.15) is 12.8 Å². The second-order valence-corrected chi connectivity index (χ2v) is 7.76. The third kappa shape index (κ3) is 6.40. The van der Waals surface area contributed by atoms with Crippen LogP contribution in [0.5, 0.6) is 0 Å². The first-order chi connectivity index (χ1) is 12.2. The molecule has 0 fully saturated rings. The Morgan fingerprint density at radius 1 is 0.483 bits per heavy atom. The van der Waals surface area contributed by atoms with Crippen LogP contribution in [0, 0.1) is 0 Å². The van der Waals surface area contributed by atoms with Gasteiger partial charge < -0.3 is 0 Å². The number of alkyl halides is 16. The summed E-state index contributed by atoms with van der Waals surface area (Å²) in [7, 11) is -7.79. The lowest BCUT2D eigenvalue weighted by molar-refractivity contribution is -0.293. The average Bonchev–Trinajstić information content (AvgIpc) is 2.37. The molecule has 176 valence electrons. The molecule has 0 amide bonds. The average molecular weight is 494 g/mol. The highest BCUT2D eigenvalue weighted by molar-refractivity contribution is 7.92. The Balaban J connectivity index is 6.91. The SMILES string of the molecule is O=S(=O)(C(CC(F)(F)F)C(F)(F)C(F)(F)F)C(CC(F)(F)F)C(F)(F)C(F)(F)F. The predicted molar refractivity (Wildman–Crippen MR) is 59.8 cm³/mol. The molecule has 29 heavy (non-hydrogen) atoms. The van der Waals surface area contributed by atoms with Crippen molar-refractivity contribution >= 4 is 9.84 Å². The van der Waals surface area contributed by atoms with E-state index in [1.807, 2.05) is 0 Å². The first kappa shape index (κ1) is 27.8. The normalized spacial score (nSPS) is 17.9. The molecule has 2 nitrogen and oxygen atoms in total. The van der Waals surface area contributed by atoms with Crippen molar-refractivity contribution in [2.75, 3.05) is 0 Å². The van der Waals surface area contributed by atoms with E-state index in [1.165, 1.54) is 0 Å². The van der Waals surface area contributed by atoms with E-state index < -0.39 is 69.7 Å². The van der Waals surface area contributed by atoms with E-state index in [-0.39, 0.29) is 0 Å². The van der Waals surface area contributed by atoms with Crippen molar-refractivity contribution in [1.82, 2.24) is 0 Å². The van der Waals surface area contributed by atoms with Crippen LogP contribution in [0.2, 0.25) is 0 Å². The molecular formula is C10H6F16O2S. The van der Waals surface area contributed by atoms with Crippen molar-refractivity contribution in [2.45, 2.75) is 59.9 Å². The van der Waals surface area contributed by atoms with E-state index in [9.17, 15) is 78.7 Å². The third-order valence-electron chi connectivity index (χ3n) is 3.19. The standard InChI is InChI=1S/C10H6F16O2S/c11-5(12,13)1-3(7(17,18)9(21,22)23)29(27,28)4(2-6(14,15)16)8(19,20)10(24,25)26/h3-4H,1-2H2. The Labute approximate surface area is 149 Å². The monoisotopic (exact) mass is 494 g/mol. The van der Waals surface area contributed by atoms with Gasteiger partial charge in [0.15, 0.2) is 9.84 Å². The van der Waals surface area contributed by atoms with E-state index in [4.69, 9.17) is 0 Å². The molecule has 0 N–H and O–H groups in total. The summed E-state index contributed by atoms with van der Waals surface area (Å²) < 4.78 is 224. The summed E-state index contributed by atoms with van der Waals surface area (Å²) in [5.41, 5.74) is 0. The molecule has 0 aromatic carbocycles. The van der Waals surface area contributed by atoms with Gasteiger partial charge in [0.25, 0.3) is 0 Å². The summed E-state index contributed by atoms with van der Waals surface area (Å²) in [6, 6.07) is 0. The molecule has 2 atom stereocenters. The van der Waals surface area contributed by atoms with Crippen molar-refractivity contribution in [3.05, 3.63) is 0 Å². The second-order valence-electron chi connectivity index (χ2n) is 5.45. The summed E-state index contributed by atoms with van der Waals surface area (Å²) in [5, 5.41) is -10.9. The summed E-state index contributed by atoms with van der Waals surface area (Å²) in [6.07, 6.45) is -34.9. The zero-order valence-electron chi connectivity index (χ0n) is 12.8. The number of halogens is 16. The van der Waals surface area contributed by atoms with Gasteiger partial charge in [0.05, 0.1) is 12.8 Å². The smallest absolute Gasteiger partial charge is 0.228 e. The maximum Gasteiger partial charge on any atom is 0.454 e. The Kier molecular flexibility index (Phi) is 7.20. The van der Waals surface area contributed by atoms with Crippen molar-refractivity contribution in [3.8, 4) is 0 Å². The minimum atomic E-state index is -7.79. The minimum Gasteiger partial charge on any atom is -0.228 e. The quantitative estimate of drug-likeness (QED) is 0.462. The van der Waals surface area contributed by atoms with Crippen LogP contribution >= 0.6 is 0 Å². The molecule has 0 saturated heterocycles. The molecule has 19 heteroatoms. The minimum absolute atomic E-state index is 3.86. The molecule has 0 aliphatic rings. The molecule has 2 unspecified atom stereocenters. The van der Waals surface area contributed by atoms with Gasteiger partial charge in [-0.3, -0.25) is 0 Å². The van der Waals surface area contributed by atoms with Crippen molar-refractivity contribution in [1.29, 1.82) is 0 Å². The van der Waals surface area contributed by atoms with Crippen LogP contribution in [-0.2, 0) is 9.84 Å². The van der Waals surface area contributed by atoms with Gasteiger partial charge in [-0.1, -0.05) is 0 Å². The Morgan fingerprint density at radius 2 is 0.690 bits per heavy atom. The van der Waals surface area contributed by atoms with Gasteiger partial charge in [0.1, 0.15) is 10.5 Å². The molecule has 0 aromatic heterocycles. The maximum absolute atomic E-state index is 13.3. The van der Waals surface area contributed by atoms with Gasteiger partial charge in [-0.25, -0.2) is 8.42 Å². The van der Waals surface area contributed by atoms with Crippen molar-refractivity contribution in [3.63, 3.8) is 0 Å².